The van der Waals surface area contributed by atoms with E-state index in [1.165, 1.54) is 4.90 Å². The minimum atomic E-state index is -4.68. The molecule has 0 radical (unpaired) electrons. The van der Waals surface area contributed by atoms with Gasteiger partial charge in [0.05, 0.1) is 5.52 Å². The Morgan fingerprint density at radius 1 is 1.13 bits per heavy atom. The van der Waals surface area contributed by atoms with Crippen LogP contribution in [0.25, 0.3) is 10.9 Å². The first-order valence-electron chi connectivity index (χ1n) is 7.24. The van der Waals surface area contributed by atoms with Crippen LogP contribution in [0.5, 0.6) is 0 Å². The van der Waals surface area contributed by atoms with Crippen LogP contribution in [0.4, 0.5) is 13.2 Å². The number of nitrogens with zero attached hydrogens (tertiary/aromatic N) is 2. The summed E-state index contributed by atoms with van der Waals surface area (Å²) in [5, 5.41) is 10.5. The molecule has 1 N–H and O–H groups in total. The van der Waals surface area contributed by atoms with E-state index in [1.807, 2.05) is 12.1 Å². The third-order valence-corrected chi connectivity index (χ3v) is 4.22. The molecule has 1 amide bonds. The Hall–Kier alpha value is -2.15. The van der Waals surface area contributed by atoms with Gasteiger partial charge in [-0.25, -0.2) is 4.98 Å². The first kappa shape index (κ1) is 15.7. The van der Waals surface area contributed by atoms with E-state index < -0.39 is 30.5 Å². The highest BCUT2D eigenvalue weighted by Crippen LogP contribution is 2.38. The minimum Gasteiger partial charge on any atom is -0.380 e. The molecule has 0 saturated carbocycles. The lowest BCUT2D eigenvalue weighted by atomic mass is 9.90. The van der Waals surface area contributed by atoms with Crippen LogP contribution < -0.4 is 0 Å². The summed E-state index contributed by atoms with van der Waals surface area (Å²) in [4.78, 5) is 18.0. The maximum absolute atomic E-state index is 12.8. The van der Waals surface area contributed by atoms with Crippen LogP contribution in [0.3, 0.4) is 0 Å². The van der Waals surface area contributed by atoms with Gasteiger partial charge in [0.1, 0.15) is 5.69 Å². The molecular formula is C16H15F3N2O2. The van der Waals surface area contributed by atoms with E-state index in [9.17, 15) is 23.1 Å². The van der Waals surface area contributed by atoms with Crippen LogP contribution in [0.2, 0.25) is 0 Å². The number of likely N-dealkylation sites (tertiary alicyclic amines) is 1. The molecule has 0 bridgehead atoms. The number of aromatic nitrogens is 1. The molecule has 1 fully saturated rings. The van der Waals surface area contributed by atoms with E-state index in [4.69, 9.17) is 0 Å². The predicted molar refractivity (Wildman–Crippen MR) is 77.9 cm³/mol. The molecule has 1 saturated heterocycles. The Balaban J connectivity index is 1.76. The monoisotopic (exact) mass is 324 g/mol. The average molecular weight is 324 g/mol. The normalized spacial score (nSPS) is 18.2. The quantitative estimate of drug-likeness (QED) is 0.877. The molecule has 0 spiro atoms. The zero-order valence-corrected chi connectivity index (χ0v) is 12.2. The largest absolute Gasteiger partial charge is 0.417 e. The second-order valence-corrected chi connectivity index (χ2v) is 5.71. The molecule has 0 unspecified atom stereocenters. The number of rotatable bonds is 1. The molecule has 3 rings (SSSR count). The van der Waals surface area contributed by atoms with Crippen molar-refractivity contribution in [3.63, 3.8) is 0 Å². The second-order valence-electron chi connectivity index (χ2n) is 5.71. The zero-order valence-electron chi connectivity index (χ0n) is 12.2. The minimum absolute atomic E-state index is 0.149. The Bertz CT molecular complexity index is 737. The van der Waals surface area contributed by atoms with Gasteiger partial charge in [-0.05, 0) is 12.1 Å². The number of alkyl halides is 3. The van der Waals surface area contributed by atoms with Crippen LogP contribution in [-0.4, -0.2) is 45.8 Å². The number of amides is 1. The number of carbonyl (C=O) groups excluding carboxylic acids is 1. The molecule has 0 atom stereocenters. The summed E-state index contributed by atoms with van der Waals surface area (Å²) in [5.74, 6) is -0.417. The van der Waals surface area contributed by atoms with E-state index in [0.29, 0.717) is 5.52 Å². The smallest absolute Gasteiger partial charge is 0.380 e. The van der Waals surface area contributed by atoms with Crippen LogP contribution in [0, 0.1) is 0 Å². The number of pyridine rings is 1. The van der Waals surface area contributed by atoms with Gasteiger partial charge in [0, 0.05) is 31.3 Å². The van der Waals surface area contributed by atoms with Crippen molar-refractivity contribution >= 4 is 16.8 Å². The molecular weight excluding hydrogens is 309 g/mol. The number of hydrogen-bond acceptors (Lipinski definition) is 3. The van der Waals surface area contributed by atoms with E-state index in [-0.39, 0.29) is 18.8 Å². The van der Waals surface area contributed by atoms with Gasteiger partial charge in [0.25, 0.3) is 5.91 Å². The van der Waals surface area contributed by atoms with Crippen LogP contribution in [0.1, 0.15) is 23.3 Å². The maximum atomic E-state index is 12.8. The van der Waals surface area contributed by atoms with Crippen molar-refractivity contribution in [3.05, 3.63) is 42.1 Å². The summed E-state index contributed by atoms with van der Waals surface area (Å²) in [6.07, 6.45) is -5.71. The summed E-state index contributed by atoms with van der Waals surface area (Å²) < 4.78 is 38.4. The van der Waals surface area contributed by atoms with Crippen molar-refractivity contribution in [2.45, 2.75) is 24.6 Å². The summed E-state index contributed by atoms with van der Waals surface area (Å²) in [6.45, 7) is -0.299. The molecule has 0 aliphatic carbocycles. The van der Waals surface area contributed by atoms with Crippen molar-refractivity contribution in [1.29, 1.82) is 0 Å². The summed E-state index contributed by atoms with van der Waals surface area (Å²) in [5.41, 5.74) is -1.86. The van der Waals surface area contributed by atoms with Crippen LogP contribution in [0.15, 0.2) is 36.4 Å². The summed E-state index contributed by atoms with van der Waals surface area (Å²) in [7, 11) is 0. The topological polar surface area (TPSA) is 53.4 Å². The Morgan fingerprint density at radius 3 is 2.43 bits per heavy atom. The average Bonchev–Trinajstić information content (AvgIpc) is 2.53. The van der Waals surface area contributed by atoms with E-state index in [1.54, 1.807) is 24.3 Å². The molecule has 2 heterocycles. The van der Waals surface area contributed by atoms with Crippen molar-refractivity contribution in [3.8, 4) is 0 Å². The fourth-order valence-corrected chi connectivity index (χ4v) is 2.71. The van der Waals surface area contributed by atoms with Gasteiger partial charge in [-0.2, -0.15) is 13.2 Å². The van der Waals surface area contributed by atoms with E-state index >= 15 is 0 Å². The summed E-state index contributed by atoms with van der Waals surface area (Å²) in [6, 6.07) is 10.6. The van der Waals surface area contributed by atoms with E-state index in [0.717, 1.165) is 5.39 Å². The molecule has 7 heteroatoms. The summed E-state index contributed by atoms with van der Waals surface area (Å²) >= 11 is 0. The lowest BCUT2D eigenvalue weighted by molar-refractivity contribution is -0.271. The van der Waals surface area contributed by atoms with Gasteiger partial charge in [0.15, 0.2) is 5.60 Å². The lowest BCUT2D eigenvalue weighted by Crippen LogP contribution is -2.54. The van der Waals surface area contributed by atoms with Crippen molar-refractivity contribution in [1.82, 2.24) is 9.88 Å². The number of halogens is 3. The maximum Gasteiger partial charge on any atom is 0.417 e. The molecule has 23 heavy (non-hydrogen) atoms. The number of aliphatic hydroxyl groups is 1. The Morgan fingerprint density at radius 2 is 1.78 bits per heavy atom. The number of benzene rings is 1. The Kier molecular flexibility index (Phi) is 3.75. The van der Waals surface area contributed by atoms with Gasteiger partial charge in [-0.1, -0.05) is 24.3 Å². The molecule has 1 aromatic heterocycles. The van der Waals surface area contributed by atoms with Crippen molar-refractivity contribution in [2.75, 3.05) is 13.1 Å². The predicted octanol–water partition coefficient (Wildman–Crippen LogP) is 2.76. The first-order valence-corrected chi connectivity index (χ1v) is 7.24. The van der Waals surface area contributed by atoms with Crippen LogP contribution >= 0.6 is 0 Å². The highest BCUT2D eigenvalue weighted by molar-refractivity contribution is 5.95. The number of para-hydroxylation sites is 1. The van der Waals surface area contributed by atoms with Crippen molar-refractivity contribution < 1.29 is 23.1 Å². The SMILES string of the molecule is O=C(c1ccc2ccccc2n1)N1CCC(O)(C(F)(F)F)CC1. The molecule has 4 nitrogen and oxygen atoms in total. The van der Waals surface area contributed by atoms with E-state index in [2.05, 4.69) is 4.98 Å². The molecule has 122 valence electrons. The molecule has 1 aliphatic heterocycles. The third-order valence-electron chi connectivity index (χ3n) is 4.22. The number of piperidine rings is 1. The van der Waals surface area contributed by atoms with Gasteiger partial charge in [-0.15, -0.1) is 0 Å². The van der Waals surface area contributed by atoms with Gasteiger partial charge in [-0.3, -0.25) is 4.79 Å². The van der Waals surface area contributed by atoms with Crippen LogP contribution in [-0.2, 0) is 0 Å². The van der Waals surface area contributed by atoms with Gasteiger partial charge in [0.2, 0.25) is 0 Å². The number of fused-ring (bicyclic) bond motifs is 1. The molecule has 1 aromatic carbocycles. The van der Waals surface area contributed by atoms with Crippen molar-refractivity contribution in [2.24, 2.45) is 0 Å². The van der Waals surface area contributed by atoms with Gasteiger partial charge >= 0.3 is 6.18 Å². The third kappa shape index (κ3) is 2.88. The fourth-order valence-electron chi connectivity index (χ4n) is 2.71. The van der Waals surface area contributed by atoms with Gasteiger partial charge < -0.3 is 10.0 Å². The lowest BCUT2D eigenvalue weighted by Gasteiger charge is -2.38. The number of carbonyl (C=O) groups is 1. The highest BCUT2D eigenvalue weighted by Gasteiger charge is 2.54. The number of hydrogen-bond donors (Lipinski definition) is 1. The highest BCUT2D eigenvalue weighted by atomic mass is 19.4. The molecule has 2 aromatic rings. The second kappa shape index (κ2) is 5.49. The Labute approximate surface area is 130 Å². The standard InChI is InChI=1S/C16H15F3N2O2/c17-16(18,19)15(23)7-9-21(10-8-15)14(22)13-6-5-11-3-1-2-4-12(11)20-13/h1-6,23H,7-10H2. The first-order chi connectivity index (χ1) is 10.8. The zero-order chi connectivity index (χ0) is 16.7. The fraction of sp³-hybridized carbons (Fsp3) is 0.375. The molecule has 1 aliphatic rings.